The highest BCUT2D eigenvalue weighted by Crippen LogP contribution is 2.32. The van der Waals surface area contributed by atoms with E-state index in [2.05, 4.69) is 27.4 Å². The molecule has 2 aromatic carbocycles. The molecule has 120 valence electrons. The van der Waals surface area contributed by atoms with Gasteiger partial charge in [-0.05, 0) is 42.3 Å². The highest BCUT2D eigenvalue weighted by Gasteiger charge is 2.17. The molecular weight excluding hydrogens is 324 g/mol. The van der Waals surface area contributed by atoms with E-state index in [-0.39, 0.29) is 0 Å². The van der Waals surface area contributed by atoms with Crippen LogP contribution in [0.1, 0.15) is 12.5 Å². The van der Waals surface area contributed by atoms with Gasteiger partial charge < -0.3 is 14.7 Å². The zero-order chi connectivity index (χ0) is 16.5. The summed E-state index contributed by atoms with van der Waals surface area (Å²) in [5.74, 6) is 0.456. The van der Waals surface area contributed by atoms with Crippen molar-refractivity contribution in [2.24, 2.45) is 0 Å². The number of hydrogen-bond acceptors (Lipinski definition) is 4. The van der Waals surface area contributed by atoms with Crippen LogP contribution in [0.2, 0.25) is 5.02 Å². The average Bonchev–Trinajstić information content (AvgIpc) is 3.19. The molecule has 0 fully saturated rings. The zero-order valence-corrected chi connectivity index (χ0v) is 13.8. The predicted molar refractivity (Wildman–Crippen MR) is 95.7 cm³/mol. The number of aromatic nitrogens is 3. The molecule has 2 heterocycles. The van der Waals surface area contributed by atoms with E-state index in [4.69, 9.17) is 16.0 Å². The minimum atomic E-state index is 0.356. The Labute approximate surface area is 143 Å². The van der Waals surface area contributed by atoms with E-state index in [1.807, 2.05) is 48.5 Å². The summed E-state index contributed by atoms with van der Waals surface area (Å²) < 4.78 is 5.78. The van der Waals surface area contributed by atoms with Gasteiger partial charge in [-0.2, -0.15) is 0 Å². The third-order valence-corrected chi connectivity index (χ3v) is 4.12. The Morgan fingerprint density at radius 3 is 2.75 bits per heavy atom. The summed E-state index contributed by atoms with van der Waals surface area (Å²) in [4.78, 5) is 3.35. The fraction of sp³-hybridized carbons (Fsp3) is 0.111. The van der Waals surface area contributed by atoms with Crippen molar-refractivity contribution in [1.29, 1.82) is 0 Å². The first kappa shape index (κ1) is 14.8. The molecule has 2 aromatic heterocycles. The molecule has 0 aliphatic carbocycles. The number of fused-ring (bicyclic) bond motifs is 1. The van der Waals surface area contributed by atoms with Crippen LogP contribution in [0.5, 0.6) is 0 Å². The van der Waals surface area contributed by atoms with Crippen molar-refractivity contribution in [3.05, 3.63) is 59.1 Å². The van der Waals surface area contributed by atoms with E-state index in [0.29, 0.717) is 16.9 Å². The van der Waals surface area contributed by atoms with E-state index < -0.39 is 0 Å². The second-order valence-corrected chi connectivity index (χ2v) is 5.86. The molecule has 0 amide bonds. The van der Waals surface area contributed by atoms with Crippen LogP contribution in [0.25, 0.3) is 22.5 Å². The lowest BCUT2D eigenvalue weighted by Gasteiger charge is -1.99. The van der Waals surface area contributed by atoms with Gasteiger partial charge in [0, 0.05) is 21.6 Å². The van der Waals surface area contributed by atoms with Crippen molar-refractivity contribution < 1.29 is 4.42 Å². The van der Waals surface area contributed by atoms with Crippen LogP contribution in [0.4, 0.5) is 11.7 Å². The van der Waals surface area contributed by atoms with Crippen molar-refractivity contribution in [3.63, 3.8) is 0 Å². The molecule has 2 N–H and O–H groups in total. The highest BCUT2D eigenvalue weighted by molar-refractivity contribution is 6.31. The van der Waals surface area contributed by atoms with Gasteiger partial charge in [0.2, 0.25) is 0 Å². The molecule has 6 heteroatoms. The number of H-pyrrole nitrogens is 1. The van der Waals surface area contributed by atoms with Gasteiger partial charge in [0.05, 0.1) is 0 Å². The van der Waals surface area contributed by atoms with Gasteiger partial charge >= 0.3 is 6.01 Å². The number of aryl methyl sites for hydroxylation is 1. The smallest absolute Gasteiger partial charge is 0.320 e. The molecule has 24 heavy (non-hydrogen) atoms. The number of para-hydroxylation sites is 1. The first-order valence-electron chi connectivity index (χ1n) is 7.70. The number of anilines is 2. The van der Waals surface area contributed by atoms with Crippen LogP contribution in [0, 0.1) is 0 Å². The highest BCUT2D eigenvalue weighted by atomic mass is 35.5. The summed E-state index contributed by atoms with van der Waals surface area (Å²) in [6, 6.07) is 15.8. The first-order valence-corrected chi connectivity index (χ1v) is 8.08. The summed E-state index contributed by atoms with van der Waals surface area (Å²) >= 11 is 6.12. The van der Waals surface area contributed by atoms with Crippen molar-refractivity contribution in [2.45, 2.75) is 13.3 Å². The Balaban J connectivity index is 1.73. The Hall–Kier alpha value is -2.79. The topological polar surface area (TPSA) is 66.7 Å². The molecule has 0 saturated heterocycles. The van der Waals surface area contributed by atoms with Crippen molar-refractivity contribution in [3.8, 4) is 11.6 Å². The molecular formula is C18H15ClN4O. The van der Waals surface area contributed by atoms with E-state index in [1.165, 1.54) is 0 Å². The van der Waals surface area contributed by atoms with Crippen molar-refractivity contribution >= 4 is 34.2 Å². The standard InChI is InChI=1S/C18H15ClN4O/c1-2-13-14-10-11(19)8-9-15(14)21-16(13)17-22-23-18(24-17)20-12-6-4-3-5-7-12/h3-10,21H,2H2,1H3,(H,20,23). The van der Waals surface area contributed by atoms with E-state index in [1.54, 1.807) is 0 Å². The Morgan fingerprint density at radius 1 is 1.12 bits per heavy atom. The zero-order valence-electron chi connectivity index (χ0n) is 13.0. The van der Waals surface area contributed by atoms with Gasteiger partial charge in [-0.15, -0.1) is 5.10 Å². The Kier molecular flexibility index (Phi) is 3.70. The van der Waals surface area contributed by atoms with Gasteiger partial charge in [-0.25, -0.2) is 0 Å². The summed E-state index contributed by atoms with van der Waals surface area (Å²) in [7, 11) is 0. The van der Waals surface area contributed by atoms with Crippen LogP contribution >= 0.6 is 11.6 Å². The molecule has 0 radical (unpaired) electrons. The molecule has 5 nitrogen and oxygen atoms in total. The minimum absolute atomic E-state index is 0.356. The summed E-state index contributed by atoms with van der Waals surface area (Å²) in [5.41, 5.74) is 3.85. The molecule has 4 aromatic rings. The third kappa shape index (κ3) is 2.63. The lowest BCUT2D eigenvalue weighted by atomic mass is 10.1. The minimum Gasteiger partial charge on any atom is -0.402 e. The van der Waals surface area contributed by atoms with Crippen molar-refractivity contribution in [1.82, 2.24) is 15.2 Å². The molecule has 0 aliphatic rings. The molecule has 0 saturated carbocycles. The molecule has 0 unspecified atom stereocenters. The van der Waals surface area contributed by atoms with Crippen molar-refractivity contribution in [2.75, 3.05) is 5.32 Å². The number of aromatic amines is 1. The molecule has 4 rings (SSSR count). The maximum absolute atomic E-state index is 6.12. The Bertz CT molecular complexity index is 991. The van der Waals surface area contributed by atoms with Gasteiger partial charge in [-0.3, -0.25) is 0 Å². The van der Waals surface area contributed by atoms with E-state index in [0.717, 1.165) is 34.3 Å². The number of nitrogens with zero attached hydrogens (tertiary/aromatic N) is 2. The average molecular weight is 339 g/mol. The fourth-order valence-electron chi connectivity index (χ4n) is 2.79. The van der Waals surface area contributed by atoms with E-state index >= 15 is 0 Å². The number of hydrogen-bond donors (Lipinski definition) is 2. The lowest BCUT2D eigenvalue weighted by molar-refractivity contribution is 0.585. The second-order valence-electron chi connectivity index (χ2n) is 5.43. The van der Waals surface area contributed by atoms with Gasteiger partial charge in [0.25, 0.3) is 5.89 Å². The van der Waals surface area contributed by atoms with Crippen LogP contribution in [-0.4, -0.2) is 15.2 Å². The third-order valence-electron chi connectivity index (χ3n) is 3.89. The molecule has 0 atom stereocenters. The van der Waals surface area contributed by atoms with Crippen LogP contribution in [0.3, 0.4) is 0 Å². The maximum atomic E-state index is 6.12. The summed E-state index contributed by atoms with van der Waals surface area (Å²) in [5, 5.41) is 13.1. The monoisotopic (exact) mass is 338 g/mol. The number of benzene rings is 2. The van der Waals surface area contributed by atoms with Gasteiger partial charge in [0.15, 0.2) is 0 Å². The molecule has 0 spiro atoms. The number of halogens is 1. The summed E-state index contributed by atoms with van der Waals surface area (Å²) in [6.07, 6.45) is 0.833. The van der Waals surface area contributed by atoms with Crippen LogP contribution in [0.15, 0.2) is 52.9 Å². The first-order chi connectivity index (χ1) is 11.7. The van der Waals surface area contributed by atoms with Crippen LogP contribution in [-0.2, 0) is 6.42 Å². The predicted octanol–water partition coefficient (Wildman–Crippen LogP) is 5.18. The van der Waals surface area contributed by atoms with Crippen LogP contribution < -0.4 is 5.32 Å². The lowest BCUT2D eigenvalue weighted by Crippen LogP contribution is -1.88. The van der Waals surface area contributed by atoms with Gasteiger partial charge in [0.1, 0.15) is 5.69 Å². The molecule has 0 bridgehead atoms. The SMILES string of the molecule is CCc1c(-c2nnc(Nc3ccccc3)o2)[nH]c2ccc(Cl)cc12. The fourth-order valence-corrected chi connectivity index (χ4v) is 2.96. The largest absolute Gasteiger partial charge is 0.402 e. The number of rotatable bonds is 4. The normalized spacial score (nSPS) is 11.1. The number of nitrogens with one attached hydrogen (secondary N) is 2. The second kappa shape index (κ2) is 6.02. The summed E-state index contributed by atoms with van der Waals surface area (Å²) in [6.45, 7) is 2.09. The Morgan fingerprint density at radius 2 is 1.96 bits per heavy atom. The van der Waals surface area contributed by atoms with Gasteiger partial charge in [-0.1, -0.05) is 41.8 Å². The maximum Gasteiger partial charge on any atom is 0.320 e. The van der Waals surface area contributed by atoms with E-state index in [9.17, 15) is 0 Å². The molecule has 0 aliphatic heterocycles. The quantitative estimate of drug-likeness (QED) is 0.538.